The number of pyridine rings is 2. The third-order valence-corrected chi connectivity index (χ3v) is 3.50. The van der Waals surface area contributed by atoms with Gasteiger partial charge in [0.05, 0.1) is 5.52 Å². The Morgan fingerprint density at radius 1 is 0.950 bits per heavy atom. The highest BCUT2D eigenvalue weighted by Crippen LogP contribution is 2.26. The van der Waals surface area contributed by atoms with Crippen molar-refractivity contribution >= 4 is 21.9 Å². The summed E-state index contributed by atoms with van der Waals surface area (Å²) in [6.45, 7) is 2.04. The second-order valence-electron chi connectivity index (χ2n) is 4.79. The first-order chi connectivity index (χ1) is 9.83. The summed E-state index contributed by atoms with van der Waals surface area (Å²) in [7, 11) is 0. The van der Waals surface area contributed by atoms with E-state index >= 15 is 0 Å². The Kier molecular flexibility index (Phi) is 2.29. The van der Waals surface area contributed by atoms with Crippen LogP contribution < -0.4 is 0 Å². The van der Waals surface area contributed by atoms with Crippen molar-refractivity contribution in [3.8, 4) is 11.5 Å². The first-order valence-electron chi connectivity index (χ1n) is 6.48. The van der Waals surface area contributed by atoms with Gasteiger partial charge in [-0.3, -0.25) is 4.98 Å². The molecule has 0 aliphatic rings. The first kappa shape index (κ1) is 11.1. The van der Waals surface area contributed by atoms with Crippen molar-refractivity contribution in [3.05, 3.63) is 54.4 Å². The van der Waals surface area contributed by atoms with Crippen molar-refractivity contribution in [1.82, 2.24) is 19.9 Å². The molecule has 1 N–H and O–H groups in total. The van der Waals surface area contributed by atoms with Crippen LogP contribution in [0.15, 0.2) is 48.8 Å². The molecule has 3 heterocycles. The van der Waals surface area contributed by atoms with E-state index in [1.807, 2.05) is 37.4 Å². The number of hydrogen-bond donors (Lipinski definition) is 1. The Labute approximate surface area is 115 Å². The van der Waals surface area contributed by atoms with E-state index in [2.05, 4.69) is 32.1 Å². The van der Waals surface area contributed by atoms with Crippen LogP contribution in [0, 0.1) is 6.92 Å². The molecule has 0 fully saturated rings. The van der Waals surface area contributed by atoms with Gasteiger partial charge in [-0.15, -0.1) is 0 Å². The lowest BCUT2D eigenvalue weighted by Gasteiger charge is -2.01. The van der Waals surface area contributed by atoms with Crippen LogP contribution in [0.3, 0.4) is 0 Å². The van der Waals surface area contributed by atoms with Crippen LogP contribution in [0.2, 0.25) is 0 Å². The lowest BCUT2D eigenvalue weighted by Crippen LogP contribution is -1.87. The summed E-state index contributed by atoms with van der Waals surface area (Å²) in [5.41, 5.74) is 3.70. The summed E-state index contributed by atoms with van der Waals surface area (Å²) in [6.07, 6.45) is 3.59. The van der Waals surface area contributed by atoms with E-state index in [0.29, 0.717) is 0 Å². The van der Waals surface area contributed by atoms with E-state index < -0.39 is 0 Å². The van der Waals surface area contributed by atoms with Crippen molar-refractivity contribution in [2.45, 2.75) is 6.92 Å². The van der Waals surface area contributed by atoms with Crippen LogP contribution in [0.4, 0.5) is 0 Å². The van der Waals surface area contributed by atoms with Gasteiger partial charge < -0.3 is 4.98 Å². The fourth-order valence-corrected chi connectivity index (χ4v) is 2.46. The molecule has 4 aromatic rings. The normalized spacial score (nSPS) is 11.2. The molecule has 0 unspecified atom stereocenters. The van der Waals surface area contributed by atoms with Gasteiger partial charge in [0.15, 0.2) is 11.5 Å². The van der Waals surface area contributed by atoms with Crippen molar-refractivity contribution in [1.29, 1.82) is 0 Å². The van der Waals surface area contributed by atoms with E-state index in [1.54, 1.807) is 6.20 Å². The van der Waals surface area contributed by atoms with Gasteiger partial charge in [0.2, 0.25) is 0 Å². The Bertz CT molecular complexity index is 919. The van der Waals surface area contributed by atoms with E-state index in [-0.39, 0.29) is 0 Å². The number of hydrogen-bond acceptors (Lipinski definition) is 3. The van der Waals surface area contributed by atoms with E-state index in [4.69, 9.17) is 0 Å². The third-order valence-electron chi connectivity index (χ3n) is 3.50. The fraction of sp³-hybridized carbons (Fsp3) is 0.0625. The quantitative estimate of drug-likeness (QED) is 0.570. The zero-order valence-electron chi connectivity index (χ0n) is 11.0. The van der Waals surface area contributed by atoms with Gasteiger partial charge in [-0.1, -0.05) is 24.3 Å². The van der Waals surface area contributed by atoms with Crippen molar-refractivity contribution in [2.75, 3.05) is 0 Å². The number of benzene rings is 1. The molecule has 4 rings (SSSR count). The molecule has 0 bridgehead atoms. The minimum absolute atomic E-state index is 0.731. The predicted octanol–water partition coefficient (Wildman–Crippen LogP) is 3.48. The highest BCUT2D eigenvalue weighted by molar-refractivity contribution is 5.94. The molecule has 1 aromatic carbocycles. The van der Waals surface area contributed by atoms with Crippen LogP contribution in [-0.4, -0.2) is 19.9 Å². The second-order valence-corrected chi connectivity index (χ2v) is 4.79. The van der Waals surface area contributed by atoms with Gasteiger partial charge >= 0.3 is 0 Å². The average molecular weight is 260 g/mol. The highest BCUT2D eigenvalue weighted by Gasteiger charge is 2.11. The fourth-order valence-electron chi connectivity index (χ4n) is 2.46. The maximum absolute atomic E-state index is 4.56. The molecule has 0 radical (unpaired) electrons. The average Bonchev–Trinajstić information content (AvgIpc) is 2.92. The number of nitrogens with zero attached hydrogens (tertiary/aromatic N) is 3. The first-order valence-corrected chi connectivity index (χ1v) is 6.48. The molecule has 0 aliphatic carbocycles. The van der Waals surface area contributed by atoms with Crippen LogP contribution >= 0.6 is 0 Å². The Hall–Kier alpha value is -2.75. The maximum atomic E-state index is 4.56. The van der Waals surface area contributed by atoms with Crippen LogP contribution in [0.25, 0.3) is 33.5 Å². The number of H-pyrrole nitrogens is 1. The van der Waals surface area contributed by atoms with Crippen molar-refractivity contribution in [3.63, 3.8) is 0 Å². The summed E-state index contributed by atoms with van der Waals surface area (Å²) in [4.78, 5) is 16.7. The SMILES string of the molecule is Cc1ccnc2nc(-c3nccc4ccccc34)[nH]c12. The number of aromatic amines is 1. The number of fused-ring (bicyclic) bond motifs is 2. The number of aryl methyl sites for hydroxylation is 1. The van der Waals surface area contributed by atoms with Gasteiger partial charge in [-0.05, 0) is 30.0 Å². The minimum Gasteiger partial charge on any atom is -0.335 e. The molecule has 0 spiro atoms. The van der Waals surface area contributed by atoms with Gasteiger partial charge in [0.1, 0.15) is 5.69 Å². The van der Waals surface area contributed by atoms with Gasteiger partial charge in [0, 0.05) is 17.8 Å². The summed E-state index contributed by atoms with van der Waals surface area (Å²) >= 11 is 0. The molecule has 4 heteroatoms. The number of rotatable bonds is 1. The zero-order chi connectivity index (χ0) is 13.5. The van der Waals surface area contributed by atoms with Crippen molar-refractivity contribution in [2.24, 2.45) is 0 Å². The summed E-state index contributed by atoms with van der Waals surface area (Å²) in [5.74, 6) is 0.763. The van der Waals surface area contributed by atoms with E-state index in [1.165, 1.54) is 0 Å². The van der Waals surface area contributed by atoms with Crippen LogP contribution in [0.1, 0.15) is 5.56 Å². The summed E-state index contributed by atoms with van der Waals surface area (Å²) < 4.78 is 0. The minimum atomic E-state index is 0.731. The lowest BCUT2D eigenvalue weighted by atomic mass is 10.1. The van der Waals surface area contributed by atoms with Crippen LogP contribution in [-0.2, 0) is 0 Å². The largest absolute Gasteiger partial charge is 0.335 e. The standard InChI is InChI=1S/C16H12N4/c1-10-6-8-18-15-13(10)19-16(20-15)14-12-5-3-2-4-11(12)7-9-17-14/h2-9H,1H3,(H,18,19,20). The van der Waals surface area contributed by atoms with Gasteiger partial charge in [-0.25, -0.2) is 9.97 Å². The number of imidazole rings is 1. The molecular weight excluding hydrogens is 248 g/mol. The van der Waals surface area contributed by atoms with Gasteiger partial charge in [0.25, 0.3) is 0 Å². The molecule has 3 aromatic heterocycles. The molecular formula is C16H12N4. The zero-order valence-corrected chi connectivity index (χ0v) is 11.0. The highest BCUT2D eigenvalue weighted by atomic mass is 15.0. The van der Waals surface area contributed by atoms with Crippen LogP contribution in [0.5, 0.6) is 0 Å². The Balaban J connectivity index is 2.04. The smallest absolute Gasteiger partial charge is 0.178 e. The summed E-state index contributed by atoms with van der Waals surface area (Å²) in [6, 6.07) is 12.2. The molecule has 0 saturated heterocycles. The Morgan fingerprint density at radius 2 is 1.80 bits per heavy atom. The maximum Gasteiger partial charge on any atom is 0.178 e. The monoisotopic (exact) mass is 260 g/mol. The molecule has 0 saturated carbocycles. The van der Waals surface area contributed by atoms with E-state index in [9.17, 15) is 0 Å². The lowest BCUT2D eigenvalue weighted by molar-refractivity contribution is 1.25. The predicted molar refractivity (Wildman–Crippen MR) is 79.4 cm³/mol. The van der Waals surface area contributed by atoms with Gasteiger partial charge in [-0.2, -0.15) is 0 Å². The molecule has 0 amide bonds. The molecule has 96 valence electrons. The number of aromatic nitrogens is 4. The molecule has 4 nitrogen and oxygen atoms in total. The third kappa shape index (κ3) is 1.58. The van der Waals surface area contributed by atoms with Crippen molar-refractivity contribution < 1.29 is 0 Å². The van der Waals surface area contributed by atoms with E-state index in [0.717, 1.165) is 39.0 Å². The summed E-state index contributed by atoms with van der Waals surface area (Å²) in [5, 5.41) is 2.24. The topological polar surface area (TPSA) is 54.5 Å². The number of nitrogens with one attached hydrogen (secondary N) is 1. The Morgan fingerprint density at radius 3 is 2.70 bits per heavy atom. The second kappa shape index (κ2) is 4.13. The molecule has 0 atom stereocenters. The molecule has 20 heavy (non-hydrogen) atoms. The molecule has 0 aliphatic heterocycles.